The fourth-order valence-corrected chi connectivity index (χ4v) is 0.669. The standard InChI is InChI=1S/C7H14N2O6/c1-3-4-14-6-15-5-7(2,8(10)11)9(12)13/h3-6H2,1-2H3. The minimum Gasteiger partial charge on any atom is -0.355 e. The normalized spacial score (nSPS) is 11.3. The summed E-state index contributed by atoms with van der Waals surface area (Å²) in [6.07, 6.45) is 0.783. The Morgan fingerprint density at radius 3 is 2.13 bits per heavy atom. The maximum absolute atomic E-state index is 10.4. The Morgan fingerprint density at radius 1 is 1.20 bits per heavy atom. The molecule has 0 aromatic rings. The van der Waals surface area contributed by atoms with Gasteiger partial charge in [-0.3, -0.25) is 20.2 Å². The number of ether oxygens (including phenoxy) is 2. The lowest BCUT2D eigenvalue weighted by Gasteiger charge is -2.12. The van der Waals surface area contributed by atoms with Crippen LogP contribution in [0, 0.1) is 20.2 Å². The molecule has 88 valence electrons. The average Bonchev–Trinajstić information content (AvgIpc) is 2.16. The number of hydrogen-bond acceptors (Lipinski definition) is 6. The Bertz CT molecular complexity index is 218. The van der Waals surface area contributed by atoms with Gasteiger partial charge < -0.3 is 9.47 Å². The Kier molecular flexibility index (Phi) is 5.72. The minimum absolute atomic E-state index is 0.175. The molecule has 0 radical (unpaired) electrons. The summed E-state index contributed by atoms with van der Waals surface area (Å²) < 4.78 is 9.59. The number of nitrogens with zero attached hydrogens (tertiary/aromatic N) is 2. The van der Waals surface area contributed by atoms with E-state index in [-0.39, 0.29) is 6.79 Å². The van der Waals surface area contributed by atoms with Gasteiger partial charge in [0.1, 0.15) is 16.6 Å². The summed E-state index contributed by atoms with van der Waals surface area (Å²) >= 11 is 0. The molecule has 0 fully saturated rings. The molecule has 0 spiro atoms. The monoisotopic (exact) mass is 222 g/mol. The number of hydrogen-bond donors (Lipinski definition) is 0. The van der Waals surface area contributed by atoms with Gasteiger partial charge in [-0.2, -0.15) is 0 Å². The topological polar surface area (TPSA) is 105 Å². The molecular formula is C7H14N2O6. The Morgan fingerprint density at radius 2 is 1.73 bits per heavy atom. The summed E-state index contributed by atoms with van der Waals surface area (Å²) in [4.78, 5) is 18.9. The van der Waals surface area contributed by atoms with Crippen molar-refractivity contribution < 1.29 is 19.3 Å². The first-order chi connectivity index (χ1) is 6.95. The lowest BCUT2D eigenvalue weighted by molar-refractivity contribution is -0.794. The molecule has 0 atom stereocenters. The second-order valence-corrected chi connectivity index (χ2v) is 3.11. The van der Waals surface area contributed by atoms with Crippen LogP contribution in [0.4, 0.5) is 0 Å². The first-order valence-electron chi connectivity index (χ1n) is 4.39. The SMILES string of the molecule is CCCOCOCC(C)([N+](=O)[O-])[N+](=O)[O-]. The maximum Gasteiger partial charge on any atom is 0.478 e. The van der Waals surface area contributed by atoms with Crippen LogP contribution >= 0.6 is 0 Å². The van der Waals surface area contributed by atoms with Gasteiger partial charge in [-0.15, -0.1) is 0 Å². The van der Waals surface area contributed by atoms with E-state index < -0.39 is 22.1 Å². The summed E-state index contributed by atoms with van der Waals surface area (Å²) in [7, 11) is 0. The largest absolute Gasteiger partial charge is 0.478 e. The molecule has 8 nitrogen and oxygen atoms in total. The van der Waals surface area contributed by atoms with Crippen molar-refractivity contribution in [3.63, 3.8) is 0 Å². The van der Waals surface area contributed by atoms with Crippen molar-refractivity contribution in [1.29, 1.82) is 0 Å². The molecule has 0 rings (SSSR count). The van der Waals surface area contributed by atoms with E-state index in [2.05, 4.69) is 0 Å². The van der Waals surface area contributed by atoms with E-state index in [1.54, 1.807) is 0 Å². The van der Waals surface area contributed by atoms with Crippen molar-refractivity contribution in [1.82, 2.24) is 0 Å². The highest BCUT2D eigenvalue weighted by atomic mass is 16.7. The van der Waals surface area contributed by atoms with Gasteiger partial charge in [0.15, 0.2) is 6.61 Å². The lowest BCUT2D eigenvalue weighted by atomic mass is 10.2. The Hall–Kier alpha value is -1.28. The first-order valence-corrected chi connectivity index (χ1v) is 4.39. The van der Waals surface area contributed by atoms with E-state index in [9.17, 15) is 20.2 Å². The fourth-order valence-electron chi connectivity index (χ4n) is 0.669. The molecule has 0 aliphatic carbocycles. The molecule has 0 saturated carbocycles. The highest BCUT2D eigenvalue weighted by molar-refractivity contribution is 4.57. The molecular weight excluding hydrogens is 208 g/mol. The van der Waals surface area contributed by atoms with Crippen LogP contribution in [-0.2, 0) is 9.47 Å². The highest BCUT2D eigenvalue weighted by Crippen LogP contribution is 2.10. The minimum atomic E-state index is -2.31. The fraction of sp³-hybridized carbons (Fsp3) is 1.00. The molecule has 15 heavy (non-hydrogen) atoms. The summed E-state index contributed by atoms with van der Waals surface area (Å²) in [5.74, 6) is 0. The first kappa shape index (κ1) is 13.7. The van der Waals surface area contributed by atoms with Gasteiger partial charge in [0, 0.05) is 6.61 Å². The zero-order valence-electron chi connectivity index (χ0n) is 8.67. The van der Waals surface area contributed by atoms with Crippen LogP contribution in [0.15, 0.2) is 0 Å². The third-order valence-electron chi connectivity index (χ3n) is 1.68. The molecule has 0 aliphatic rings. The molecule has 0 aromatic heterocycles. The van der Waals surface area contributed by atoms with E-state index >= 15 is 0 Å². The Balaban J connectivity index is 3.99. The summed E-state index contributed by atoms with van der Waals surface area (Å²) in [6.45, 7) is 2.44. The molecule has 0 unspecified atom stereocenters. The van der Waals surface area contributed by atoms with E-state index in [0.29, 0.717) is 6.61 Å². The second-order valence-electron chi connectivity index (χ2n) is 3.11. The van der Waals surface area contributed by atoms with Crippen LogP contribution in [0.25, 0.3) is 0 Å². The van der Waals surface area contributed by atoms with Crippen molar-refractivity contribution in [3.05, 3.63) is 20.2 Å². The van der Waals surface area contributed by atoms with E-state index in [1.807, 2.05) is 6.92 Å². The van der Waals surface area contributed by atoms with E-state index in [1.165, 1.54) is 0 Å². The average molecular weight is 222 g/mol. The van der Waals surface area contributed by atoms with Gasteiger partial charge in [-0.05, 0) is 6.42 Å². The molecule has 0 aliphatic heterocycles. The van der Waals surface area contributed by atoms with Crippen LogP contribution in [0.5, 0.6) is 0 Å². The maximum atomic E-state index is 10.4. The van der Waals surface area contributed by atoms with Gasteiger partial charge in [-0.25, -0.2) is 0 Å². The van der Waals surface area contributed by atoms with Crippen molar-refractivity contribution in [3.8, 4) is 0 Å². The molecule has 0 aromatic carbocycles. The van der Waals surface area contributed by atoms with Gasteiger partial charge in [-0.1, -0.05) is 6.92 Å². The third-order valence-corrected chi connectivity index (χ3v) is 1.68. The van der Waals surface area contributed by atoms with E-state index in [0.717, 1.165) is 13.3 Å². The number of nitro groups is 2. The smallest absolute Gasteiger partial charge is 0.355 e. The molecule has 0 amide bonds. The van der Waals surface area contributed by atoms with Gasteiger partial charge >= 0.3 is 5.66 Å². The van der Waals surface area contributed by atoms with Gasteiger partial charge in [0.25, 0.3) is 0 Å². The van der Waals surface area contributed by atoms with Crippen molar-refractivity contribution >= 4 is 0 Å². The van der Waals surface area contributed by atoms with Crippen molar-refractivity contribution in [2.24, 2.45) is 0 Å². The zero-order valence-corrected chi connectivity index (χ0v) is 8.67. The van der Waals surface area contributed by atoms with Crippen LogP contribution in [0.3, 0.4) is 0 Å². The van der Waals surface area contributed by atoms with Gasteiger partial charge in [0.05, 0.1) is 6.92 Å². The summed E-state index contributed by atoms with van der Waals surface area (Å²) in [5, 5.41) is 20.9. The molecule has 0 bridgehead atoms. The van der Waals surface area contributed by atoms with E-state index in [4.69, 9.17) is 9.47 Å². The van der Waals surface area contributed by atoms with Crippen LogP contribution < -0.4 is 0 Å². The molecule has 0 heterocycles. The quantitative estimate of drug-likeness (QED) is 0.258. The highest BCUT2D eigenvalue weighted by Gasteiger charge is 2.50. The Labute approximate surface area is 86.5 Å². The summed E-state index contributed by atoms with van der Waals surface area (Å²) in [5.41, 5.74) is -2.31. The number of rotatable bonds is 8. The molecule has 0 saturated heterocycles. The predicted octanol–water partition coefficient (Wildman–Crippen LogP) is 0.657. The third kappa shape index (κ3) is 4.17. The predicted molar refractivity (Wildman–Crippen MR) is 49.5 cm³/mol. The van der Waals surface area contributed by atoms with Crippen molar-refractivity contribution in [2.45, 2.75) is 25.9 Å². The van der Waals surface area contributed by atoms with Crippen molar-refractivity contribution in [2.75, 3.05) is 20.0 Å². The second kappa shape index (κ2) is 6.25. The zero-order chi connectivity index (χ0) is 11.9. The molecule has 0 N–H and O–H groups in total. The summed E-state index contributed by atoms with van der Waals surface area (Å²) in [6, 6.07) is 0. The molecule has 8 heteroatoms. The lowest BCUT2D eigenvalue weighted by Crippen LogP contribution is -2.47. The van der Waals surface area contributed by atoms with Gasteiger partial charge in [0.2, 0.25) is 0 Å². The van der Waals surface area contributed by atoms with Crippen LogP contribution in [0.2, 0.25) is 0 Å². The van der Waals surface area contributed by atoms with Crippen LogP contribution in [-0.4, -0.2) is 35.5 Å². The van der Waals surface area contributed by atoms with Crippen LogP contribution in [0.1, 0.15) is 20.3 Å².